The lowest BCUT2D eigenvalue weighted by atomic mass is 9.94. The molecular weight excluding hydrogens is 1550 g/mol. The number of alkyl halides is 3. The van der Waals surface area contributed by atoms with Crippen LogP contribution < -0.4 is 10.6 Å². The first kappa shape index (κ1) is 96.4. The fraction of sp³-hybridized carbons (Fsp3) is 0.621. The Labute approximate surface area is 713 Å². The van der Waals surface area contributed by atoms with Gasteiger partial charge in [-0.3, -0.25) is 14.4 Å². The molecule has 1 unspecified atom stereocenters. The third-order valence-corrected chi connectivity index (χ3v) is 22.1. The molecule has 648 valence electrons. The average molecular weight is 1680 g/mol. The van der Waals surface area contributed by atoms with Gasteiger partial charge in [-0.1, -0.05) is 387 Å². The molecule has 3 aliphatic rings. The van der Waals surface area contributed by atoms with Crippen LogP contribution in [0.5, 0.6) is 0 Å². The number of hydrogen-bond acceptors (Lipinski definition) is 17. The molecule has 3 aliphatic heterocycles. The van der Waals surface area contributed by atoms with Crippen molar-refractivity contribution in [2.75, 3.05) is 26.4 Å². The quantitative estimate of drug-likeness (QED) is 0.0122. The maximum absolute atomic E-state index is 15.5. The normalized spacial score (nSPS) is 21.4. The molecule has 19 nitrogen and oxygen atoms in total. The van der Waals surface area contributed by atoms with Gasteiger partial charge in [-0.25, -0.2) is 4.79 Å². The Morgan fingerprint density at radius 2 is 0.846 bits per heavy atom. The lowest BCUT2D eigenvalue weighted by molar-refractivity contribution is -0.351. The molecule has 0 spiro atoms. The number of nitrogens with one attached hydrogen (secondary N) is 2. The van der Waals surface area contributed by atoms with Crippen LogP contribution in [-0.2, 0) is 102 Å². The highest BCUT2D eigenvalue weighted by atomic mass is 35.6. The van der Waals surface area contributed by atoms with Gasteiger partial charge in [0.2, 0.25) is 9.70 Å². The molecule has 5 aromatic carbocycles. The summed E-state index contributed by atoms with van der Waals surface area (Å²) in [6.45, 7) is 10.2. The summed E-state index contributed by atoms with van der Waals surface area (Å²) in [7, 11) is 0. The van der Waals surface area contributed by atoms with Gasteiger partial charge in [0.1, 0.15) is 43.1 Å². The van der Waals surface area contributed by atoms with Crippen LogP contribution in [0.3, 0.4) is 0 Å². The molecule has 0 aliphatic carbocycles. The average Bonchev–Trinajstić information content (AvgIpc) is 0.770. The van der Waals surface area contributed by atoms with Crippen molar-refractivity contribution in [3.8, 4) is 0 Å². The van der Waals surface area contributed by atoms with Gasteiger partial charge < -0.3 is 72.2 Å². The second-order valence-corrected chi connectivity index (χ2v) is 34.1. The first-order valence-electron chi connectivity index (χ1n) is 44.0. The fourth-order valence-electron chi connectivity index (χ4n) is 15.3. The van der Waals surface area contributed by atoms with E-state index in [4.69, 9.17) is 96.4 Å². The zero-order chi connectivity index (χ0) is 82.8. The number of fused-ring (bicyclic) bond motifs is 1. The lowest BCUT2D eigenvalue weighted by Crippen LogP contribution is -2.69. The Morgan fingerprint density at radius 3 is 1.28 bits per heavy atom. The summed E-state index contributed by atoms with van der Waals surface area (Å²) < 4.78 is 85.2. The smallest absolute Gasteiger partial charge is 0.407 e. The number of alkyl carbamates (subject to hydrolysis) is 1. The van der Waals surface area contributed by atoms with E-state index >= 15 is 14.4 Å². The summed E-state index contributed by atoms with van der Waals surface area (Å²) in [6.07, 6.45) is 19.4. The minimum atomic E-state index is -2.02. The molecule has 2 N–H and O–H groups in total. The van der Waals surface area contributed by atoms with Crippen LogP contribution in [0.4, 0.5) is 4.79 Å². The molecule has 5 aromatic rings. The minimum Gasteiger partial charge on any atom is -0.457 e. The van der Waals surface area contributed by atoms with Gasteiger partial charge >= 0.3 is 18.0 Å². The summed E-state index contributed by atoms with van der Waals surface area (Å²) >= 11 is 18.6. The first-order valence-corrected chi connectivity index (χ1v) is 45.1. The molecule has 14 atom stereocenters. The minimum absolute atomic E-state index is 0.0266. The largest absolute Gasteiger partial charge is 0.457 e. The molecule has 8 rings (SSSR count). The number of benzene rings is 5. The third kappa shape index (κ3) is 38.3. The number of hydrogen-bond donors (Lipinski definition) is 2. The number of amides is 2. The van der Waals surface area contributed by atoms with Crippen LogP contribution >= 0.6 is 34.8 Å². The monoisotopic (exact) mass is 1680 g/mol. The van der Waals surface area contributed by atoms with Crippen molar-refractivity contribution in [1.29, 1.82) is 0 Å². The molecule has 0 saturated carbocycles. The standard InChI is InChI=1S/C95H135Cl3N2O17/c1-5-9-12-15-18-21-24-27-45-58-77(106-65-72-48-35-30-36-49-72)62-82(101)99-85-89(115-83(102)63-78(107-66-73-50-37-31-38-51-73)59-46-28-25-22-19-16-13-10-6-2)87(109-68-75-54-41-33-42-55-75)80(113-92(85)105-61-8-4)69-111-93-86(100-94(104)112-71-95(96,97)98)90(88-81(114-93)70-110-91(117-88)76-56-43-34-44-57-76)116-84(103)64-79(108-67-74-52-39-32-40-53-74)60-47-29-26-23-20-17-14-11-7-3/h8,30-44,48-57,77-81,85-93H,4-7,9-29,45-47,58-71H2,1-3H3,(H,99,101)(H,100,104)/t77-,78-,79-,80-,81-,85-,86-,87-,88-,89-,90-,91?,92+,93-/m1/s1. The molecule has 2 amide bonds. The Kier molecular flexibility index (Phi) is 47.2. The lowest BCUT2D eigenvalue weighted by Gasteiger charge is -2.49. The van der Waals surface area contributed by atoms with Crippen LogP contribution in [0.1, 0.15) is 267 Å². The van der Waals surface area contributed by atoms with Gasteiger partial charge in [-0.15, -0.1) is 6.58 Å². The van der Waals surface area contributed by atoms with Crippen LogP contribution in [0, 0.1) is 0 Å². The Morgan fingerprint density at radius 1 is 0.453 bits per heavy atom. The first-order chi connectivity index (χ1) is 57.2. The van der Waals surface area contributed by atoms with E-state index in [1.165, 1.54) is 96.3 Å². The Bertz CT molecular complexity index is 3440. The van der Waals surface area contributed by atoms with E-state index in [1.807, 2.05) is 152 Å². The SMILES string of the molecule is C=CCO[C@H]1O[C@H](CO[C@@H]2O[C@@H]3COC(c4ccccc4)O[C@H]3[C@H](OC(=O)C[C@@H](CCCCCCCCCCC)OCc3ccccc3)[C@H]2NC(=O)OCC(Cl)(Cl)Cl)[C@@H](OCc2ccccc2)[C@H](OC(=O)C[C@@H](CCCCCCCCCCC)OCc2ccccc2)[C@H]1NC(=O)C[C@@H](CCCCCCCCCCC)OCc1ccccc1. The Hall–Kier alpha value is -6.01. The van der Waals surface area contributed by atoms with Crippen LogP contribution in [-0.4, -0.2) is 134 Å². The number of rotatable bonds is 60. The highest BCUT2D eigenvalue weighted by molar-refractivity contribution is 6.67. The molecule has 3 fully saturated rings. The zero-order valence-electron chi connectivity index (χ0n) is 69.9. The molecule has 3 saturated heterocycles. The van der Waals surface area contributed by atoms with Crippen LogP contribution in [0.25, 0.3) is 0 Å². The number of esters is 2. The molecule has 117 heavy (non-hydrogen) atoms. The van der Waals surface area contributed by atoms with E-state index in [-0.39, 0.29) is 58.9 Å². The number of carbonyl (C=O) groups excluding carboxylic acids is 4. The maximum atomic E-state index is 15.5. The van der Waals surface area contributed by atoms with Gasteiger partial charge in [-0.05, 0) is 41.5 Å². The van der Waals surface area contributed by atoms with Crippen LogP contribution in [0.15, 0.2) is 164 Å². The van der Waals surface area contributed by atoms with Gasteiger partial charge in [0.25, 0.3) is 0 Å². The molecule has 3 heterocycles. The summed E-state index contributed by atoms with van der Waals surface area (Å²) in [6, 6.07) is 45.7. The van der Waals surface area contributed by atoms with E-state index in [1.54, 1.807) is 6.08 Å². The van der Waals surface area contributed by atoms with Crippen molar-refractivity contribution < 1.29 is 80.8 Å². The summed E-state index contributed by atoms with van der Waals surface area (Å²) in [5.74, 6) is -1.66. The second-order valence-electron chi connectivity index (χ2n) is 31.6. The topological polar surface area (TPSA) is 212 Å². The van der Waals surface area contributed by atoms with Gasteiger partial charge in [-0.2, -0.15) is 0 Å². The third-order valence-electron chi connectivity index (χ3n) is 21.7. The summed E-state index contributed by atoms with van der Waals surface area (Å²) in [4.78, 5) is 60.4. The molecular formula is C95H135Cl3N2O17. The van der Waals surface area contributed by atoms with Gasteiger partial charge in [0, 0.05) is 5.56 Å². The molecule has 22 heteroatoms. The molecule has 0 radical (unpaired) electrons. The predicted octanol–water partition coefficient (Wildman–Crippen LogP) is 21.8. The van der Waals surface area contributed by atoms with Crippen molar-refractivity contribution in [2.45, 2.75) is 349 Å². The number of unbranched alkanes of at least 4 members (excludes halogenated alkanes) is 24. The second kappa shape index (κ2) is 57.3. The maximum Gasteiger partial charge on any atom is 0.407 e. The van der Waals surface area contributed by atoms with E-state index in [2.05, 4.69) is 38.0 Å². The van der Waals surface area contributed by atoms with Crippen molar-refractivity contribution in [3.05, 3.63) is 192 Å². The highest BCUT2D eigenvalue weighted by Crippen LogP contribution is 2.39. The van der Waals surface area contributed by atoms with E-state index in [9.17, 15) is 4.79 Å². The fourth-order valence-corrected chi connectivity index (χ4v) is 15.4. The van der Waals surface area contributed by atoms with Crippen LogP contribution in [0.2, 0.25) is 0 Å². The summed E-state index contributed by atoms with van der Waals surface area (Å²) in [5.41, 5.74) is 4.32. The molecule has 0 bridgehead atoms. The predicted molar refractivity (Wildman–Crippen MR) is 459 cm³/mol. The number of ether oxygens (including phenoxy) is 13. The van der Waals surface area contributed by atoms with E-state index < -0.39 is 127 Å². The Balaban J connectivity index is 1.14. The van der Waals surface area contributed by atoms with Gasteiger partial charge in [0.15, 0.2) is 31.1 Å². The van der Waals surface area contributed by atoms with Crippen molar-refractivity contribution >= 4 is 58.7 Å². The zero-order valence-corrected chi connectivity index (χ0v) is 72.1. The van der Waals surface area contributed by atoms with Crippen molar-refractivity contribution in [3.63, 3.8) is 0 Å². The van der Waals surface area contributed by atoms with Crippen molar-refractivity contribution in [2.24, 2.45) is 0 Å². The molecule has 0 aromatic heterocycles. The number of carbonyl (C=O) groups is 4. The van der Waals surface area contributed by atoms with E-state index in [0.717, 1.165) is 99.3 Å². The van der Waals surface area contributed by atoms with Gasteiger partial charge in [0.05, 0.1) is 83.8 Å². The number of halogens is 3. The van der Waals surface area contributed by atoms with E-state index in [0.29, 0.717) is 24.8 Å². The highest BCUT2D eigenvalue weighted by Gasteiger charge is 2.56. The summed E-state index contributed by atoms with van der Waals surface area (Å²) in [5, 5.41) is 6.14. The van der Waals surface area contributed by atoms with Crippen molar-refractivity contribution in [1.82, 2.24) is 10.6 Å².